The van der Waals surface area contributed by atoms with Crippen LogP contribution in [0.2, 0.25) is 0 Å². The topological polar surface area (TPSA) is 24.9 Å². The molecule has 0 aliphatic carbocycles. The van der Waals surface area contributed by atoms with E-state index in [1.807, 2.05) is 0 Å². The molecule has 0 aliphatic heterocycles. The van der Waals surface area contributed by atoms with Crippen LogP contribution in [-0.2, 0) is 6.54 Å². The predicted octanol–water partition coefficient (Wildman–Crippen LogP) is 4.17. The van der Waals surface area contributed by atoms with Crippen LogP contribution < -0.4 is 5.32 Å². The van der Waals surface area contributed by atoms with Gasteiger partial charge in [-0.1, -0.05) is 26.0 Å². The summed E-state index contributed by atoms with van der Waals surface area (Å²) in [6.45, 7) is 10.6. The molecule has 0 saturated heterocycles. The molecule has 0 fully saturated rings. The van der Waals surface area contributed by atoms with Crippen LogP contribution in [0.1, 0.15) is 30.0 Å². The van der Waals surface area contributed by atoms with Gasteiger partial charge in [0.25, 0.3) is 0 Å². The minimum Gasteiger partial charge on any atom is -0.310 e. The number of aromatic nitrogens is 1. The molecular weight excluding hydrogens is 252 g/mol. The number of hydrogen-bond donors (Lipinski definition) is 1. The average molecular weight is 274 g/mol. The molecule has 19 heavy (non-hydrogen) atoms. The highest BCUT2D eigenvalue weighted by Gasteiger charge is 2.05. The van der Waals surface area contributed by atoms with Gasteiger partial charge in [-0.25, -0.2) is 4.98 Å². The fourth-order valence-electron chi connectivity index (χ4n) is 1.89. The second-order valence-electron chi connectivity index (χ2n) is 5.45. The van der Waals surface area contributed by atoms with Gasteiger partial charge in [-0.05, 0) is 43.5 Å². The number of thiazole rings is 1. The molecular formula is C16H22N2S. The number of nitrogens with zero attached hydrogens (tertiary/aromatic N) is 1. The van der Waals surface area contributed by atoms with E-state index in [-0.39, 0.29) is 0 Å². The second kappa shape index (κ2) is 6.31. The lowest BCUT2D eigenvalue weighted by Crippen LogP contribution is -2.18. The lowest BCUT2D eigenvalue weighted by atomic mass is 10.1. The molecule has 2 nitrogen and oxygen atoms in total. The van der Waals surface area contributed by atoms with Crippen LogP contribution in [0.15, 0.2) is 23.6 Å². The van der Waals surface area contributed by atoms with Crippen molar-refractivity contribution in [1.29, 1.82) is 0 Å². The third kappa shape index (κ3) is 3.88. The van der Waals surface area contributed by atoms with Crippen LogP contribution in [0.5, 0.6) is 0 Å². The average Bonchev–Trinajstić information content (AvgIpc) is 2.81. The van der Waals surface area contributed by atoms with Crippen molar-refractivity contribution in [1.82, 2.24) is 10.3 Å². The smallest absolute Gasteiger partial charge is 0.107 e. The summed E-state index contributed by atoms with van der Waals surface area (Å²) in [5.41, 5.74) is 4.96. The monoisotopic (exact) mass is 274 g/mol. The first-order chi connectivity index (χ1) is 9.06. The first kappa shape index (κ1) is 14.2. The Balaban J connectivity index is 2.05. The molecule has 3 heteroatoms. The van der Waals surface area contributed by atoms with Gasteiger partial charge in [0, 0.05) is 17.5 Å². The van der Waals surface area contributed by atoms with Gasteiger partial charge in [0.2, 0.25) is 0 Å². The normalized spacial score (nSPS) is 11.2. The van der Waals surface area contributed by atoms with Crippen LogP contribution >= 0.6 is 11.3 Å². The van der Waals surface area contributed by atoms with Crippen LogP contribution in [0, 0.1) is 19.8 Å². The molecule has 1 aromatic heterocycles. The van der Waals surface area contributed by atoms with Crippen molar-refractivity contribution in [2.45, 2.75) is 34.2 Å². The molecule has 0 spiro atoms. The van der Waals surface area contributed by atoms with E-state index in [0.29, 0.717) is 5.92 Å². The summed E-state index contributed by atoms with van der Waals surface area (Å²) in [5, 5.41) is 6.74. The quantitative estimate of drug-likeness (QED) is 0.885. The van der Waals surface area contributed by atoms with Gasteiger partial charge in [-0.3, -0.25) is 0 Å². The molecule has 0 aliphatic rings. The molecule has 102 valence electrons. The van der Waals surface area contributed by atoms with Gasteiger partial charge in [-0.15, -0.1) is 11.3 Å². The highest BCUT2D eigenvalue weighted by atomic mass is 32.1. The van der Waals surface area contributed by atoms with E-state index in [4.69, 9.17) is 4.98 Å². The van der Waals surface area contributed by atoms with Gasteiger partial charge in [0.1, 0.15) is 5.01 Å². The summed E-state index contributed by atoms with van der Waals surface area (Å²) in [5.74, 6) is 0.680. The highest BCUT2D eigenvalue weighted by molar-refractivity contribution is 7.09. The van der Waals surface area contributed by atoms with E-state index in [9.17, 15) is 0 Å². The van der Waals surface area contributed by atoms with Crippen molar-refractivity contribution in [2.24, 2.45) is 5.92 Å². The van der Waals surface area contributed by atoms with Gasteiger partial charge < -0.3 is 5.32 Å². The first-order valence-corrected chi connectivity index (χ1v) is 7.67. The number of nitrogens with one attached hydrogen (secondary N) is 1. The minimum absolute atomic E-state index is 0.680. The van der Waals surface area contributed by atoms with Crippen molar-refractivity contribution in [2.75, 3.05) is 6.54 Å². The third-order valence-electron chi connectivity index (χ3n) is 3.18. The molecule has 0 unspecified atom stereocenters. The zero-order chi connectivity index (χ0) is 13.8. The standard InChI is InChI=1S/C16H22N2S/c1-11(2)8-17-9-16-18-15(10-19-16)14-6-5-12(3)13(4)7-14/h5-7,10-11,17H,8-9H2,1-4H3. The van der Waals surface area contributed by atoms with E-state index in [2.05, 4.69) is 56.6 Å². The van der Waals surface area contributed by atoms with Crippen molar-refractivity contribution in [3.8, 4) is 11.3 Å². The molecule has 0 bridgehead atoms. The maximum atomic E-state index is 4.70. The van der Waals surface area contributed by atoms with E-state index in [0.717, 1.165) is 23.8 Å². The van der Waals surface area contributed by atoms with Crippen molar-refractivity contribution < 1.29 is 0 Å². The van der Waals surface area contributed by atoms with Gasteiger partial charge in [0.15, 0.2) is 0 Å². The van der Waals surface area contributed by atoms with Crippen LogP contribution in [0.3, 0.4) is 0 Å². The Hall–Kier alpha value is -1.19. The fourth-order valence-corrected chi connectivity index (χ4v) is 2.67. The zero-order valence-corrected chi connectivity index (χ0v) is 13.0. The molecule has 0 saturated carbocycles. The van der Waals surface area contributed by atoms with Crippen LogP contribution in [0.25, 0.3) is 11.3 Å². The Morgan fingerprint density at radius 3 is 2.68 bits per heavy atom. The maximum absolute atomic E-state index is 4.70. The van der Waals surface area contributed by atoms with Crippen LogP contribution in [-0.4, -0.2) is 11.5 Å². The van der Waals surface area contributed by atoms with Crippen molar-refractivity contribution in [3.05, 3.63) is 39.7 Å². The molecule has 0 amide bonds. The number of hydrogen-bond acceptors (Lipinski definition) is 3. The van der Waals surface area contributed by atoms with Gasteiger partial charge >= 0.3 is 0 Å². The number of aryl methyl sites for hydroxylation is 2. The Bertz CT molecular complexity index is 543. The van der Waals surface area contributed by atoms with E-state index in [1.165, 1.54) is 16.7 Å². The summed E-state index contributed by atoms with van der Waals surface area (Å²) in [7, 11) is 0. The lowest BCUT2D eigenvalue weighted by Gasteiger charge is -2.05. The molecule has 1 heterocycles. The maximum Gasteiger partial charge on any atom is 0.107 e. The summed E-state index contributed by atoms with van der Waals surface area (Å²) in [6.07, 6.45) is 0. The SMILES string of the molecule is Cc1ccc(-c2csc(CNCC(C)C)n2)cc1C. The van der Waals surface area contributed by atoms with Crippen LogP contribution in [0.4, 0.5) is 0 Å². The molecule has 2 aromatic rings. The molecule has 0 radical (unpaired) electrons. The number of benzene rings is 1. The Morgan fingerprint density at radius 1 is 1.21 bits per heavy atom. The summed E-state index contributed by atoms with van der Waals surface area (Å²) >= 11 is 1.73. The molecule has 1 N–H and O–H groups in total. The second-order valence-corrected chi connectivity index (χ2v) is 6.39. The van der Waals surface area contributed by atoms with E-state index >= 15 is 0 Å². The van der Waals surface area contributed by atoms with Gasteiger partial charge in [-0.2, -0.15) is 0 Å². The van der Waals surface area contributed by atoms with Crippen molar-refractivity contribution in [3.63, 3.8) is 0 Å². The summed E-state index contributed by atoms with van der Waals surface area (Å²) < 4.78 is 0. The third-order valence-corrected chi connectivity index (χ3v) is 4.03. The Kier molecular flexibility index (Phi) is 4.72. The first-order valence-electron chi connectivity index (χ1n) is 6.79. The summed E-state index contributed by atoms with van der Waals surface area (Å²) in [6, 6.07) is 6.54. The number of rotatable bonds is 5. The summed E-state index contributed by atoms with van der Waals surface area (Å²) in [4.78, 5) is 4.70. The fraction of sp³-hybridized carbons (Fsp3) is 0.438. The zero-order valence-electron chi connectivity index (χ0n) is 12.2. The van der Waals surface area contributed by atoms with E-state index < -0.39 is 0 Å². The van der Waals surface area contributed by atoms with Gasteiger partial charge in [0.05, 0.1) is 5.69 Å². The lowest BCUT2D eigenvalue weighted by molar-refractivity contribution is 0.551. The Labute approximate surface area is 119 Å². The molecule has 0 atom stereocenters. The van der Waals surface area contributed by atoms with E-state index in [1.54, 1.807) is 11.3 Å². The molecule has 1 aromatic carbocycles. The predicted molar refractivity (Wildman–Crippen MR) is 83.6 cm³/mol. The minimum atomic E-state index is 0.680. The van der Waals surface area contributed by atoms with Crippen molar-refractivity contribution >= 4 is 11.3 Å². The molecule has 2 rings (SSSR count). The Morgan fingerprint density at radius 2 is 2.00 bits per heavy atom. The highest BCUT2D eigenvalue weighted by Crippen LogP contribution is 2.24. The largest absolute Gasteiger partial charge is 0.310 e.